The number of allylic oxidation sites excluding steroid dienone is 2. The van der Waals surface area contributed by atoms with E-state index in [2.05, 4.69) is 0 Å². The van der Waals surface area contributed by atoms with Crippen molar-refractivity contribution in [1.29, 1.82) is 0 Å². The molecule has 0 saturated heterocycles. The summed E-state index contributed by atoms with van der Waals surface area (Å²) in [5.74, 6) is -1.21. The number of sulfone groups is 1. The molecule has 4 nitrogen and oxygen atoms in total. The van der Waals surface area contributed by atoms with E-state index < -0.39 is 21.7 Å². The van der Waals surface area contributed by atoms with Gasteiger partial charge in [0.15, 0.2) is 9.84 Å². The summed E-state index contributed by atoms with van der Waals surface area (Å²) < 4.78 is 23.4. The van der Waals surface area contributed by atoms with Gasteiger partial charge in [-0.3, -0.25) is 4.79 Å². The third kappa shape index (κ3) is 3.04. The molecule has 0 bridgehead atoms. The first-order valence-corrected chi connectivity index (χ1v) is 7.79. The molecule has 1 aliphatic heterocycles. The van der Waals surface area contributed by atoms with Crippen LogP contribution in [0.1, 0.15) is 30.4 Å². The number of hydrogen-bond donors (Lipinski definition) is 1. The van der Waals surface area contributed by atoms with Crippen molar-refractivity contribution in [2.75, 3.05) is 5.75 Å². The molecule has 1 aromatic rings. The number of hydrogen-bond acceptors (Lipinski definition) is 3. The van der Waals surface area contributed by atoms with Crippen LogP contribution in [0.15, 0.2) is 35.2 Å². The summed E-state index contributed by atoms with van der Waals surface area (Å²) in [4.78, 5) is 11.3. The van der Waals surface area contributed by atoms with Crippen LogP contribution in [-0.4, -0.2) is 25.2 Å². The van der Waals surface area contributed by atoms with E-state index in [-0.39, 0.29) is 5.75 Å². The van der Waals surface area contributed by atoms with Crippen LogP contribution in [0, 0.1) is 0 Å². The van der Waals surface area contributed by atoms with Crippen molar-refractivity contribution in [1.82, 2.24) is 0 Å². The second-order valence-corrected chi connectivity index (χ2v) is 6.92. The molecule has 1 aromatic carbocycles. The highest BCUT2D eigenvalue weighted by Gasteiger charge is 2.22. The van der Waals surface area contributed by atoms with Crippen molar-refractivity contribution in [3.63, 3.8) is 0 Å². The van der Waals surface area contributed by atoms with E-state index >= 15 is 0 Å². The Kier molecular flexibility index (Phi) is 3.75. The van der Waals surface area contributed by atoms with Gasteiger partial charge < -0.3 is 5.11 Å². The van der Waals surface area contributed by atoms with E-state index in [1.54, 1.807) is 37.3 Å². The van der Waals surface area contributed by atoms with Crippen molar-refractivity contribution < 1.29 is 18.3 Å². The molecule has 0 aromatic heterocycles. The number of carbonyl (C=O) groups is 1. The summed E-state index contributed by atoms with van der Waals surface area (Å²) in [7, 11) is -3.06. The zero-order valence-corrected chi connectivity index (χ0v) is 11.5. The lowest BCUT2D eigenvalue weighted by molar-refractivity contribution is -0.138. The van der Waals surface area contributed by atoms with Crippen LogP contribution >= 0.6 is 0 Å². The second kappa shape index (κ2) is 5.17. The van der Waals surface area contributed by atoms with E-state index in [1.807, 2.05) is 0 Å². The first-order chi connectivity index (χ1) is 8.90. The lowest BCUT2D eigenvalue weighted by Crippen LogP contribution is -2.08. The molecule has 1 atom stereocenters. The van der Waals surface area contributed by atoms with Crippen molar-refractivity contribution in [2.24, 2.45) is 0 Å². The van der Waals surface area contributed by atoms with Crippen molar-refractivity contribution >= 4 is 15.8 Å². The topological polar surface area (TPSA) is 71.4 Å². The van der Waals surface area contributed by atoms with Gasteiger partial charge in [0.2, 0.25) is 0 Å². The molecule has 2 rings (SSSR count). The highest BCUT2D eigenvalue weighted by molar-refractivity contribution is 7.95. The van der Waals surface area contributed by atoms with E-state index in [9.17, 15) is 13.2 Å². The lowest BCUT2D eigenvalue weighted by Gasteiger charge is -2.08. The second-order valence-electron chi connectivity index (χ2n) is 4.76. The Bertz CT molecular complexity index is 611. The molecule has 1 heterocycles. The summed E-state index contributed by atoms with van der Waals surface area (Å²) in [5, 5.41) is 8.91. The Balaban J connectivity index is 2.14. The molecule has 0 fully saturated rings. The van der Waals surface area contributed by atoms with E-state index in [1.165, 1.54) is 0 Å². The van der Waals surface area contributed by atoms with Crippen LogP contribution in [0.5, 0.6) is 0 Å². The number of carboxylic acid groups (broad SMARTS) is 1. The largest absolute Gasteiger partial charge is 0.481 e. The van der Waals surface area contributed by atoms with E-state index in [0.717, 1.165) is 11.1 Å². The monoisotopic (exact) mass is 280 g/mol. The fourth-order valence-corrected chi connectivity index (χ4v) is 3.53. The van der Waals surface area contributed by atoms with Crippen LogP contribution in [-0.2, 0) is 21.1 Å². The predicted molar refractivity (Wildman–Crippen MR) is 72.7 cm³/mol. The van der Waals surface area contributed by atoms with Gasteiger partial charge >= 0.3 is 5.97 Å². The molecule has 0 saturated carbocycles. The molecule has 0 aliphatic carbocycles. The molecule has 0 radical (unpaired) electrons. The molecular formula is C14H16O4S. The number of benzene rings is 1. The van der Waals surface area contributed by atoms with Crippen LogP contribution in [0.2, 0.25) is 0 Å². The first-order valence-electron chi connectivity index (χ1n) is 6.13. The molecule has 19 heavy (non-hydrogen) atoms. The van der Waals surface area contributed by atoms with Gasteiger partial charge in [0.25, 0.3) is 0 Å². The minimum atomic E-state index is -3.06. The number of aliphatic carboxylic acids is 1. The maximum absolute atomic E-state index is 11.7. The summed E-state index contributed by atoms with van der Waals surface area (Å²) in [6, 6.07) is 7.08. The van der Waals surface area contributed by atoms with Gasteiger partial charge in [0.05, 0.1) is 11.7 Å². The van der Waals surface area contributed by atoms with Gasteiger partial charge in [0.1, 0.15) is 0 Å². The van der Waals surface area contributed by atoms with Gasteiger partial charge in [-0.1, -0.05) is 30.3 Å². The minimum Gasteiger partial charge on any atom is -0.481 e. The molecule has 5 heteroatoms. The molecule has 1 aliphatic rings. The van der Waals surface area contributed by atoms with Crippen molar-refractivity contribution in [2.45, 2.75) is 25.7 Å². The highest BCUT2D eigenvalue weighted by Crippen LogP contribution is 2.23. The van der Waals surface area contributed by atoms with Crippen molar-refractivity contribution in [3.05, 3.63) is 46.4 Å². The Labute approximate surface area is 112 Å². The van der Waals surface area contributed by atoms with E-state index in [4.69, 9.17) is 5.11 Å². The Hall–Kier alpha value is -1.62. The minimum absolute atomic E-state index is 0.205. The smallest absolute Gasteiger partial charge is 0.310 e. The van der Waals surface area contributed by atoms with Gasteiger partial charge in [-0.05, 0) is 24.5 Å². The summed E-state index contributed by atoms with van der Waals surface area (Å²) in [5.41, 5.74) is 1.61. The van der Waals surface area contributed by atoms with Gasteiger partial charge in [-0.2, -0.15) is 0 Å². The molecule has 0 amide bonds. The molecule has 0 spiro atoms. The van der Waals surface area contributed by atoms with Crippen molar-refractivity contribution in [3.8, 4) is 0 Å². The van der Waals surface area contributed by atoms with Crippen LogP contribution in [0.4, 0.5) is 0 Å². The normalized spacial score (nSPS) is 18.9. The fourth-order valence-electron chi connectivity index (χ4n) is 2.08. The fraction of sp³-hybridized carbons (Fsp3) is 0.357. The lowest BCUT2D eigenvalue weighted by atomic mass is 9.99. The summed E-state index contributed by atoms with van der Waals surface area (Å²) in [6.45, 7) is 1.63. The Morgan fingerprint density at radius 1 is 1.32 bits per heavy atom. The standard InChI is InChI=1S/C14H16O4S/c1-10(14(15)16)12-6-4-11(5-7-12)9-13-3-2-8-19(13,17)18/h3-7,10H,2,8-9H2,1H3,(H,15,16). The van der Waals surface area contributed by atoms with Gasteiger partial charge in [-0.15, -0.1) is 0 Å². The van der Waals surface area contributed by atoms with Crippen LogP contribution < -0.4 is 0 Å². The van der Waals surface area contributed by atoms with Gasteiger partial charge in [0, 0.05) is 11.3 Å². The third-order valence-electron chi connectivity index (χ3n) is 3.39. The number of rotatable bonds is 4. The molecule has 1 unspecified atom stereocenters. The average molecular weight is 280 g/mol. The Morgan fingerprint density at radius 3 is 2.42 bits per heavy atom. The maximum atomic E-state index is 11.7. The van der Waals surface area contributed by atoms with Crippen LogP contribution in [0.25, 0.3) is 0 Å². The van der Waals surface area contributed by atoms with E-state index in [0.29, 0.717) is 17.7 Å². The Morgan fingerprint density at radius 2 is 1.95 bits per heavy atom. The zero-order valence-electron chi connectivity index (χ0n) is 10.7. The summed E-state index contributed by atoms with van der Waals surface area (Å²) in [6.07, 6.45) is 2.75. The molecular weight excluding hydrogens is 264 g/mol. The maximum Gasteiger partial charge on any atom is 0.310 e. The molecule has 102 valence electrons. The third-order valence-corrected chi connectivity index (χ3v) is 5.27. The quantitative estimate of drug-likeness (QED) is 0.917. The predicted octanol–water partition coefficient (Wildman–Crippen LogP) is 2.12. The average Bonchev–Trinajstić information content (AvgIpc) is 2.69. The van der Waals surface area contributed by atoms with Gasteiger partial charge in [-0.25, -0.2) is 8.42 Å². The number of carboxylic acids is 1. The van der Waals surface area contributed by atoms with Crippen LogP contribution in [0.3, 0.4) is 0 Å². The zero-order chi connectivity index (χ0) is 14.0. The first kappa shape index (κ1) is 13.8. The summed E-state index contributed by atoms with van der Waals surface area (Å²) >= 11 is 0. The SMILES string of the molecule is CC(C(=O)O)c1ccc(CC2=CCCS2(=O)=O)cc1. The highest BCUT2D eigenvalue weighted by atomic mass is 32.2. The molecule has 1 N–H and O–H groups in total.